The van der Waals surface area contributed by atoms with Gasteiger partial charge in [-0.3, -0.25) is 4.79 Å². The van der Waals surface area contributed by atoms with E-state index in [1.165, 1.54) is 0 Å². The lowest BCUT2D eigenvalue weighted by atomic mass is 9.95. The normalized spacial score (nSPS) is 29.1. The second kappa shape index (κ2) is 18.5. The molecular formula is C44H58O12. The quantitative estimate of drug-likeness (QED) is 0.127. The van der Waals surface area contributed by atoms with Gasteiger partial charge < -0.3 is 52.5 Å². The van der Waals surface area contributed by atoms with Crippen molar-refractivity contribution in [2.24, 2.45) is 5.41 Å². The van der Waals surface area contributed by atoms with Gasteiger partial charge in [0.15, 0.2) is 30.3 Å². The van der Waals surface area contributed by atoms with Crippen LogP contribution in [0.1, 0.15) is 71.6 Å². The third-order valence-corrected chi connectivity index (χ3v) is 9.59. The van der Waals surface area contributed by atoms with Crippen LogP contribution in [0.3, 0.4) is 0 Å². The summed E-state index contributed by atoms with van der Waals surface area (Å²) in [6, 6.07) is 29.4. The fourth-order valence-electron chi connectivity index (χ4n) is 6.96. The van der Waals surface area contributed by atoms with Gasteiger partial charge in [-0.15, -0.1) is 0 Å². The molecule has 0 amide bonds. The monoisotopic (exact) mass is 778 g/mol. The maximum atomic E-state index is 13.7. The van der Waals surface area contributed by atoms with Crippen LogP contribution in [0.5, 0.6) is 0 Å². The Morgan fingerprint density at radius 3 is 1.80 bits per heavy atom. The van der Waals surface area contributed by atoms with Gasteiger partial charge in [-0.05, 0) is 65.2 Å². The fraction of sp³-hybridized carbons (Fsp3) is 0.568. The Morgan fingerprint density at radius 2 is 1.25 bits per heavy atom. The smallest absolute Gasteiger partial charge is 0.311 e. The minimum atomic E-state index is -1.46. The summed E-state index contributed by atoms with van der Waals surface area (Å²) in [4.78, 5) is 13.7. The molecule has 306 valence electrons. The second-order valence-electron chi connectivity index (χ2n) is 16.6. The van der Waals surface area contributed by atoms with Crippen molar-refractivity contribution in [1.29, 1.82) is 0 Å². The van der Waals surface area contributed by atoms with E-state index in [-0.39, 0.29) is 26.4 Å². The molecule has 0 aromatic heterocycles. The van der Waals surface area contributed by atoms with Gasteiger partial charge in [-0.2, -0.15) is 0 Å². The van der Waals surface area contributed by atoms with E-state index in [0.717, 1.165) is 16.7 Å². The number of rotatable bonds is 16. The van der Waals surface area contributed by atoms with Gasteiger partial charge in [0.1, 0.15) is 30.5 Å². The zero-order chi connectivity index (χ0) is 39.9. The molecule has 0 saturated carbocycles. The molecule has 56 heavy (non-hydrogen) atoms. The molecule has 0 aliphatic carbocycles. The zero-order valence-corrected chi connectivity index (χ0v) is 33.5. The summed E-state index contributed by atoms with van der Waals surface area (Å²) in [5, 5.41) is 10.5. The molecule has 6 rings (SSSR count). The van der Waals surface area contributed by atoms with Crippen LogP contribution >= 0.6 is 0 Å². The van der Waals surface area contributed by atoms with E-state index in [9.17, 15) is 9.90 Å². The van der Waals surface area contributed by atoms with E-state index < -0.39 is 78.3 Å². The molecule has 0 bridgehead atoms. The molecular weight excluding hydrogens is 720 g/mol. The predicted octanol–water partition coefficient (Wildman–Crippen LogP) is 6.45. The highest BCUT2D eigenvalue weighted by Gasteiger charge is 2.54. The van der Waals surface area contributed by atoms with Crippen molar-refractivity contribution < 1.29 is 57.3 Å². The lowest BCUT2D eigenvalue weighted by Gasteiger charge is -2.46. The van der Waals surface area contributed by atoms with E-state index >= 15 is 0 Å². The first-order valence-corrected chi connectivity index (χ1v) is 19.5. The van der Waals surface area contributed by atoms with Crippen molar-refractivity contribution in [3.63, 3.8) is 0 Å². The number of carbonyl (C=O) groups excluding carboxylic acids is 1. The van der Waals surface area contributed by atoms with Crippen molar-refractivity contribution in [3.05, 3.63) is 108 Å². The third kappa shape index (κ3) is 11.9. The molecule has 0 spiro atoms. The molecule has 0 radical (unpaired) electrons. The molecule has 12 nitrogen and oxygen atoms in total. The first-order valence-electron chi connectivity index (χ1n) is 19.5. The predicted molar refractivity (Wildman–Crippen MR) is 205 cm³/mol. The Morgan fingerprint density at radius 1 is 0.696 bits per heavy atom. The topological polar surface area (TPSA) is 130 Å². The minimum absolute atomic E-state index is 0.0565. The van der Waals surface area contributed by atoms with Gasteiger partial charge >= 0.3 is 5.97 Å². The number of benzene rings is 3. The fourth-order valence-corrected chi connectivity index (χ4v) is 6.96. The van der Waals surface area contributed by atoms with Crippen LogP contribution in [-0.2, 0) is 72.0 Å². The average molecular weight is 779 g/mol. The summed E-state index contributed by atoms with van der Waals surface area (Å²) < 4.78 is 64.1. The summed E-state index contributed by atoms with van der Waals surface area (Å²) in [7, 11) is 0. The molecule has 3 aromatic carbocycles. The van der Waals surface area contributed by atoms with Crippen LogP contribution in [0.15, 0.2) is 91.0 Å². The second-order valence-corrected chi connectivity index (χ2v) is 16.6. The highest BCUT2D eigenvalue weighted by Crippen LogP contribution is 2.39. The van der Waals surface area contributed by atoms with Gasteiger partial charge in [0.2, 0.25) is 0 Å². The SMILES string of the molecule is CC(C)(O)OC1CC2OC(C)(C)OC2C(COC2OC(COCc3ccccc3)[C@@H](OCc3ccccc3)C(OCc3ccccc3)[C@@H]2OC(=O)C(C)(C)C)O1. The van der Waals surface area contributed by atoms with E-state index in [1.807, 2.05) is 105 Å². The Hall–Kier alpha value is -3.27. The largest absolute Gasteiger partial charge is 0.454 e. The molecule has 12 heteroatoms. The number of hydrogen-bond donors (Lipinski definition) is 1. The van der Waals surface area contributed by atoms with Gasteiger partial charge in [0.05, 0.1) is 44.6 Å². The Bertz CT molecular complexity index is 1640. The molecule has 9 atom stereocenters. The number of fused-ring (bicyclic) bond motifs is 1. The van der Waals surface area contributed by atoms with Crippen LogP contribution in [0, 0.1) is 5.41 Å². The molecule has 3 aromatic rings. The Kier molecular flexibility index (Phi) is 14.0. The third-order valence-electron chi connectivity index (χ3n) is 9.59. The summed E-state index contributed by atoms with van der Waals surface area (Å²) in [6.45, 7) is 13.0. The standard InChI is InChI=1S/C44H58O12/c1-42(2,3)41(45)53-39-38(49-26-31-21-15-10-16-22-31)37(48-25-30-19-13-9-14-20-30)33(27-47-24-29-17-11-8-12-18-29)52-40(39)50-28-34-36-32(54-44(6,7)56-36)23-35(51-34)55-43(4,5)46/h8-22,32-40,46H,23-28H2,1-7H3/t32?,33?,34?,35?,36?,37-,38?,39+,40?/m1/s1. The Balaban J connectivity index is 1.31. The summed E-state index contributed by atoms with van der Waals surface area (Å²) >= 11 is 0. The van der Waals surface area contributed by atoms with Gasteiger partial charge in [0, 0.05) is 6.42 Å². The number of ether oxygens (including phenoxy) is 10. The van der Waals surface area contributed by atoms with E-state index in [4.69, 9.17) is 47.4 Å². The number of aliphatic hydroxyl groups is 1. The molecule has 1 N–H and O–H groups in total. The van der Waals surface area contributed by atoms with E-state index in [0.29, 0.717) is 13.0 Å². The van der Waals surface area contributed by atoms with Crippen molar-refractivity contribution in [1.82, 2.24) is 0 Å². The molecule has 3 saturated heterocycles. The number of hydrogen-bond acceptors (Lipinski definition) is 12. The number of carbonyl (C=O) groups is 1. The van der Waals surface area contributed by atoms with Gasteiger partial charge in [-0.25, -0.2) is 0 Å². The van der Waals surface area contributed by atoms with Crippen LogP contribution < -0.4 is 0 Å². The summed E-state index contributed by atoms with van der Waals surface area (Å²) in [6.07, 6.45) is -6.60. The molecule has 7 unspecified atom stereocenters. The highest BCUT2D eigenvalue weighted by atomic mass is 16.8. The molecule has 3 aliphatic heterocycles. The van der Waals surface area contributed by atoms with Crippen LogP contribution in [0.25, 0.3) is 0 Å². The minimum Gasteiger partial charge on any atom is -0.454 e. The van der Waals surface area contributed by atoms with E-state index in [1.54, 1.807) is 34.6 Å². The van der Waals surface area contributed by atoms with Crippen molar-refractivity contribution in [3.8, 4) is 0 Å². The maximum absolute atomic E-state index is 13.7. The summed E-state index contributed by atoms with van der Waals surface area (Å²) in [5.41, 5.74) is 2.03. The van der Waals surface area contributed by atoms with Crippen molar-refractivity contribution in [2.75, 3.05) is 13.2 Å². The van der Waals surface area contributed by atoms with Crippen LogP contribution in [-0.4, -0.2) is 91.2 Å². The average Bonchev–Trinajstić information content (AvgIpc) is 3.47. The number of esters is 1. The van der Waals surface area contributed by atoms with Crippen molar-refractivity contribution >= 4 is 5.97 Å². The summed E-state index contributed by atoms with van der Waals surface area (Å²) in [5.74, 6) is -2.80. The lowest BCUT2D eigenvalue weighted by Crippen LogP contribution is -2.63. The first kappa shape index (κ1) is 42.3. The van der Waals surface area contributed by atoms with E-state index in [2.05, 4.69) is 0 Å². The van der Waals surface area contributed by atoms with Crippen LogP contribution in [0.4, 0.5) is 0 Å². The maximum Gasteiger partial charge on any atom is 0.311 e. The van der Waals surface area contributed by atoms with Gasteiger partial charge in [0.25, 0.3) is 0 Å². The van der Waals surface area contributed by atoms with Gasteiger partial charge in [-0.1, -0.05) is 91.0 Å². The molecule has 3 aliphatic rings. The molecule has 3 heterocycles. The zero-order valence-electron chi connectivity index (χ0n) is 33.5. The first-order chi connectivity index (χ1) is 26.6. The highest BCUT2D eigenvalue weighted by molar-refractivity contribution is 5.75. The van der Waals surface area contributed by atoms with Crippen LogP contribution in [0.2, 0.25) is 0 Å². The molecule has 3 fully saturated rings. The van der Waals surface area contributed by atoms with Crippen molar-refractivity contribution in [2.45, 2.75) is 142 Å². The lowest BCUT2D eigenvalue weighted by molar-refractivity contribution is -0.341. The Labute approximate surface area is 330 Å².